The van der Waals surface area contributed by atoms with Crippen molar-refractivity contribution in [1.29, 1.82) is 0 Å². The van der Waals surface area contributed by atoms with Crippen molar-refractivity contribution in [2.75, 3.05) is 6.54 Å². The van der Waals surface area contributed by atoms with Gasteiger partial charge in [-0.15, -0.1) is 0 Å². The normalized spacial score (nSPS) is 14.5. The zero-order chi connectivity index (χ0) is 16.7. The highest BCUT2D eigenvalue weighted by atomic mass is 35.5. The number of nitrogens with zero attached hydrogens (tertiary/aromatic N) is 2. The number of fused-ring (bicyclic) bond motifs is 1. The van der Waals surface area contributed by atoms with Crippen LogP contribution in [0.5, 0.6) is 0 Å². The van der Waals surface area contributed by atoms with E-state index >= 15 is 0 Å². The van der Waals surface area contributed by atoms with E-state index in [-0.39, 0.29) is 5.56 Å². The zero-order valence-corrected chi connectivity index (χ0v) is 14.8. The molecular formula is C17H12Cl2N2O2S. The molecular weight excluding hydrogens is 367 g/mol. The van der Waals surface area contributed by atoms with Crippen molar-refractivity contribution in [3.63, 3.8) is 0 Å². The number of furan rings is 1. The van der Waals surface area contributed by atoms with E-state index in [1.165, 1.54) is 11.3 Å². The molecule has 4 nitrogen and oxygen atoms in total. The number of hydrogen-bond acceptors (Lipinski definition) is 4. The second kappa shape index (κ2) is 6.24. The third kappa shape index (κ3) is 2.83. The predicted octanol–water partition coefficient (Wildman–Crippen LogP) is 3.33. The Morgan fingerprint density at radius 3 is 2.88 bits per heavy atom. The molecule has 0 fully saturated rings. The maximum Gasteiger partial charge on any atom is 0.270 e. The van der Waals surface area contributed by atoms with Gasteiger partial charge in [0.2, 0.25) is 0 Å². The van der Waals surface area contributed by atoms with Crippen molar-refractivity contribution in [2.24, 2.45) is 4.99 Å². The lowest BCUT2D eigenvalue weighted by atomic mass is 10.2. The van der Waals surface area contributed by atoms with Gasteiger partial charge in [0.15, 0.2) is 4.80 Å². The van der Waals surface area contributed by atoms with Gasteiger partial charge < -0.3 is 4.42 Å². The van der Waals surface area contributed by atoms with Gasteiger partial charge in [0.05, 0.1) is 14.6 Å². The molecule has 0 N–H and O–H groups in total. The van der Waals surface area contributed by atoms with Crippen molar-refractivity contribution in [1.82, 2.24) is 4.57 Å². The van der Waals surface area contributed by atoms with Crippen LogP contribution in [0.1, 0.15) is 12.2 Å². The van der Waals surface area contributed by atoms with Crippen molar-refractivity contribution >= 4 is 40.6 Å². The van der Waals surface area contributed by atoms with Crippen LogP contribution in [0, 0.1) is 0 Å². The minimum atomic E-state index is -0.00839. The summed E-state index contributed by atoms with van der Waals surface area (Å²) in [6, 6.07) is 9.00. The summed E-state index contributed by atoms with van der Waals surface area (Å²) in [4.78, 5) is 17.6. The standard InChI is InChI=1S/C17H12Cl2N2O2S/c18-12-4-2-10(8-13(12)19)14-5-3-11(23-14)9-15-16(22)21-7-1-6-20-17(21)24-15/h2-5,8-9H,1,6-7H2/b15-9+. The minimum absolute atomic E-state index is 0.00839. The Morgan fingerprint density at radius 2 is 2.08 bits per heavy atom. The molecule has 0 atom stereocenters. The molecule has 0 radical (unpaired) electrons. The molecule has 0 aliphatic carbocycles. The first-order valence-corrected chi connectivity index (χ1v) is 9.00. The molecule has 0 bridgehead atoms. The lowest BCUT2D eigenvalue weighted by Gasteiger charge is -2.03. The van der Waals surface area contributed by atoms with Gasteiger partial charge in [0.25, 0.3) is 5.56 Å². The third-order valence-electron chi connectivity index (χ3n) is 3.78. The molecule has 4 rings (SSSR count). The third-order valence-corrected chi connectivity index (χ3v) is 5.56. The predicted molar refractivity (Wildman–Crippen MR) is 96.6 cm³/mol. The fourth-order valence-electron chi connectivity index (χ4n) is 2.59. The van der Waals surface area contributed by atoms with Gasteiger partial charge in [-0.25, -0.2) is 0 Å². The first-order valence-electron chi connectivity index (χ1n) is 7.43. The molecule has 3 heterocycles. The van der Waals surface area contributed by atoms with Gasteiger partial charge in [0.1, 0.15) is 11.5 Å². The van der Waals surface area contributed by atoms with E-state index < -0.39 is 0 Å². The van der Waals surface area contributed by atoms with Crippen LogP contribution in [0.3, 0.4) is 0 Å². The monoisotopic (exact) mass is 378 g/mol. The summed E-state index contributed by atoms with van der Waals surface area (Å²) in [5.74, 6) is 1.29. The maximum absolute atomic E-state index is 12.4. The highest BCUT2D eigenvalue weighted by Gasteiger charge is 2.10. The van der Waals surface area contributed by atoms with Crippen LogP contribution in [-0.4, -0.2) is 11.1 Å². The lowest BCUT2D eigenvalue weighted by Crippen LogP contribution is -2.33. The molecule has 7 heteroatoms. The summed E-state index contributed by atoms with van der Waals surface area (Å²) in [7, 11) is 0. The molecule has 0 amide bonds. The van der Waals surface area contributed by atoms with Gasteiger partial charge in [-0.05, 0) is 36.8 Å². The number of hydrogen-bond donors (Lipinski definition) is 0. The summed E-state index contributed by atoms with van der Waals surface area (Å²) < 4.78 is 8.18. The average molecular weight is 379 g/mol. The molecule has 2 aromatic heterocycles. The summed E-state index contributed by atoms with van der Waals surface area (Å²) in [5.41, 5.74) is 0.826. The molecule has 3 aromatic rings. The van der Waals surface area contributed by atoms with Crippen LogP contribution in [0.25, 0.3) is 17.4 Å². The summed E-state index contributed by atoms with van der Waals surface area (Å²) in [6.45, 7) is 1.51. The van der Waals surface area contributed by atoms with E-state index in [4.69, 9.17) is 27.6 Å². The molecule has 1 aromatic carbocycles. The van der Waals surface area contributed by atoms with Gasteiger partial charge in [-0.2, -0.15) is 0 Å². The van der Waals surface area contributed by atoms with Crippen LogP contribution in [-0.2, 0) is 6.54 Å². The lowest BCUT2D eigenvalue weighted by molar-refractivity contribution is 0.568. The first-order chi connectivity index (χ1) is 11.6. The quantitative estimate of drug-likeness (QED) is 0.686. The van der Waals surface area contributed by atoms with Crippen molar-refractivity contribution in [3.8, 4) is 11.3 Å². The van der Waals surface area contributed by atoms with Crippen molar-refractivity contribution in [2.45, 2.75) is 13.0 Å². The molecule has 1 aliphatic rings. The van der Waals surface area contributed by atoms with Crippen LogP contribution in [0.15, 0.2) is 44.5 Å². The Balaban J connectivity index is 1.75. The van der Waals surface area contributed by atoms with E-state index in [0.29, 0.717) is 26.1 Å². The molecule has 122 valence electrons. The van der Waals surface area contributed by atoms with Crippen LogP contribution in [0.2, 0.25) is 10.0 Å². The summed E-state index contributed by atoms with van der Waals surface area (Å²) in [5, 5.41) is 0.974. The van der Waals surface area contributed by atoms with Crippen LogP contribution >= 0.6 is 34.5 Å². The van der Waals surface area contributed by atoms with Gasteiger partial charge >= 0.3 is 0 Å². The molecule has 24 heavy (non-hydrogen) atoms. The Bertz CT molecular complexity index is 1090. The number of thiazole rings is 1. The van der Waals surface area contributed by atoms with Crippen molar-refractivity contribution in [3.05, 3.63) is 65.8 Å². The molecule has 0 unspecified atom stereocenters. The van der Waals surface area contributed by atoms with E-state index in [9.17, 15) is 4.79 Å². The molecule has 0 saturated carbocycles. The number of aromatic nitrogens is 1. The topological polar surface area (TPSA) is 47.5 Å². The summed E-state index contributed by atoms with van der Waals surface area (Å²) in [6.07, 6.45) is 2.67. The Morgan fingerprint density at radius 1 is 1.21 bits per heavy atom. The Hall–Kier alpha value is -1.82. The Labute approximate surface area is 151 Å². The number of halogens is 2. The number of benzene rings is 1. The highest BCUT2D eigenvalue weighted by molar-refractivity contribution is 7.07. The van der Waals surface area contributed by atoms with Crippen molar-refractivity contribution < 1.29 is 4.42 Å². The molecule has 0 spiro atoms. The van der Waals surface area contributed by atoms with Gasteiger partial charge in [0, 0.05) is 24.7 Å². The van der Waals surface area contributed by atoms with E-state index in [1.807, 2.05) is 18.2 Å². The second-order valence-electron chi connectivity index (χ2n) is 5.42. The van der Waals surface area contributed by atoms with E-state index in [2.05, 4.69) is 4.99 Å². The smallest absolute Gasteiger partial charge is 0.270 e. The van der Waals surface area contributed by atoms with Crippen LogP contribution in [0.4, 0.5) is 0 Å². The van der Waals surface area contributed by atoms with Gasteiger partial charge in [-0.1, -0.05) is 34.5 Å². The molecule has 1 aliphatic heterocycles. The highest BCUT2D eigenvalue weighted by Crippen LogP contribution is 2.29. The van der Waals surface area contributed by atoms with Crippen LogP contribution < -0.4 is 14.9 Å². The minimum Gasteiger partial charge on any atom is -0.457 e. The SMILES string of the molecule is O=c1/c(=C\c2ccc(-c3ccc(Cl)c(Cl)c3)o2)sc2n1CCCN=2. The van der Waals surface area contributed by atoms with Gasteiger partial charge in [-0.3, -0.25) is 14.4 Å². The first kappa shape index (κ1) is 15.7. The summed E-state index contributed by atoms with van der Waals surface area (Å²) >= 11 is 13.4. The number of rotatable bonds is 2. The second-order valence-corrected chi connectivity index (χ2v) is 7.24. The largest absolute Gasteiger partial charge is 0.457 e. The average Bonchev–Trinajstić information content (AvgIpc) is 3.16. The van der Waals surface area contributed by atoms with E-state index in [0.717, 1.165) is 29.9 Å². The van der Waals surface area contributed by atoms with E-state index in [1.54, 1.807) is 22.8 Å². The fraction of sp³-hybridized carbons (Fsp3) is 0.176. The molecule has 0 saturated heterocycles. The maximum atomic E-state index is 12.4. The zero-order valence-electron chi connectivity index (χ0n) is 12.5. The fourth-order valence-corrected chi connectivity index (χ4v) is 3.90. The Kier molecular flexibility index (Phi) is 4.08.